The molecule has 0 saturated heterocycles. The van der Waals surface area contributed by atoms with Crippen LogP contribution in [0, 0.1) is 0 Å². The second-order valence-corrected chi connectivity index (χ2v) is 5.54. The summed E-state index contributed by atoms with van der Waals surface area (Å²) in [4.78, 5) is 16.2. The Bertz CT molecular complexity index is 935. The van der Waals surface area contributed by atoms with Gasteiger partial charge in [0.05, 0.1) is 26.7 Å². The predicted octanol–water partition coefficient (Wildman–Crippen LogP) is 2.38. The number of hydrogen-bond donors (Lipinski definition) is 1. The Hall–Kier alpha value is -3.09. The molecule has 0 unspecified atom stereocenters. The second kappa shape index (κ2) is 5.52. The number of anilines is 1. The smallest absolute Gasteiger partial charge is 0.229 e. The molecule has 1 aromatic heterocycles. The van der Waals surface area contributed by atoms with Gasteiger partial charge in [0.2, 0.25) is 11.9 Å². The molecule has 2 heterocycles. The molecule has 0 bridgehead atoms. The van der Waals surface area contributed by atoms with Crippen LogP contribution in [-0.4, -0.2) is 34.9 Å². The zero-order chi connectivity index (χ0) is 16.7. The van der Waals surface area contributed by atoms with Gasteiger partial charge >= 0.3 is 0 Å². The van der Waals surface area contributed by atoms with Crippen molar-refractivity contribution in [3.8, 4) is 11.5 Å². The number of amides is 1. The summed E-state index contributed by atoms with van der Waals surface area (Å²) in [5, 5.41) is 8.86. The molecule has 0 fully saturated rings. The van der Waals surface area contributed by atoms with Gasteiger partial charge in [-0.05, 0) is 17.7 Å². The van der Waals surface area contributed by atoms with E-state index in [2.05, 4.69) is 15.4 Å². The molecule has 1 amide bonds. The first-order valence-corrected chi connectivity index (χ1v) is 7.56. The number of hydrogen-bond acceptors (Lipinski definition) is 5. The Balaban J connectivity index is 2.00. The molecule has 1 aliphatic rings. The van der Waals surface area contributed by atoms with Crippen LogP contribution in [0.4, 0.5) is 5.95 Å². The van der Waals surface area contributed by atoms with Crippen molar-refractivity contribution in [2.24, 2.45) is 0 Å². The summed E-state index contributed by atoms with van der Waals surface area (Å²) >= 11 is 0. The zero-order valence-electron chi connectivity index (χ0n) is 13.3. The van der Waals surface area contributed by atoms with Gasteiger partial charge in [-0.15, -0.1) is 0 Å². The lowest BCUT2D eigenvalue weighted by atomic mass is 9.94. The Kier molecular flexibility index (Phi) is 3.34. The van der Waals surface area contributed by atoms with Crippen molar-refractivity contribution in [2.75, 3.05) is 19.5 Å². The van der Waals surface area contributed by atoms with Gasteiger partial charge in [-0.2, -0.15) is 10.1 Å². The third-order valence-corrected chi connectivity index (χ3v) is 4.29. The molecule has 1 atom stereocenters. The van der Waals surface area contributed by atoms with E-state index in [1.807, 2.05) is 30.3 Å². The third-order valence-electron chi connectivity index (χ3n) is 4.29. The van der Waals surface area contributed by atoms with E-state index in [1.165, 1.54) is 6.33 Å². The highest BCUT2D eigenvalue weighted by molar-refractivity contribution is 5.97. The number of methoxy groups -OCH3 is 2. The number of fused-ring (bicyclic) bond motifs is 2. The molecule has 4 rings (SSSR count). The fourth-order valence-electron chi connectivity index (χ4n) is 3.25. The average Bonchev–Trinajstić information content (AvgIpc) is 3.07. The predicted molar refractivity (Wildman–Crippen MR) is 88.5 cm³/mol. The van der Waals surface area contributed by atoms with Gasteiger partial charge in [-0.3, -0.25) is 10.1 Å². The molecular formula is C17H16N4O3. The Morgan fingerprint density at radius 3 is 2.79 bits per heavy atom. The number of carbonyl (C=O) groups excluding carboxylic acids is 1. The lowest BCUT2D eigenvalue weighted by molar-refractivity contribution is -0.117. The molecular weight excluding hydrogens is 308 g/mol. The van der Waals surface area contributed by atoms with Crippen molar-refractivity contribution in [3.63, 3.8) is 0 Å². The number of benzene rings is 2. The summed E-state index contributed by atoms with van der Waals surface area (Å²) in [6.07, 6.45) is 1.73. The van der Waals surface area contributed by atoms with Crippen molar-refractivity contribution in [1.82, 2.24) is 14.8 Å². The average molecular weight is 324 g/mol. The van der Waals surface area contributed by atoms with Crippen LogP contribution in [0.15, 0.2) is 36.7 Å². The van der Waals surface area contributed by atoms with E-state index < -0.39 is 0 Å². The Labute approximate surface area is 138 Å². The lowest BCUT2D eigenvalue weighted by Gasteiger charge is -2.25. The van der Waals surface area contributed by atoms with Crippen molar-refractivity contribution in [1.29, 1.82) is 0 Å². The third kappa shape index (κ3) is 2.09. The minimum absolute atomic E-state index is 0.0839. The standard InChI is InChI=1S/C17H16N4O3/c1-23-13-7-6-10(16-11(13)4-3-5-14(16)24-2)12-8-15(22)20-17-18-9-19-21(12)17/h3-7,9,12H,8H2,1-2H3,(H,18,19,20,22)/t12-/m0/s1. The molecule has 3 aromatic rings. The van der Waals surface area contributed by atoms with E-state index in [0.717, 1.165) is 27.8 Å². The van der Waals surface area contributed by atoms with Crippen molar-refractivity contribution in [2.45, 2.75) is 12.5 Å². The Morgan fingerprint density at radius 1 is 1.17 bits per heavy atom. The van der Waals surface area contributed by atoms with E-state index in [9.17, 15) is 4.79 Å². The van der Waals surface area contributed by atoms with Gasteiger partial charge < -0.3 is 9.47 Å². The van der Waals surface area contributed by atoms with Gasteiger partial charge in [-0.25, -0.2) is 4.68 Å². The Morgan fingerprint density at radius 2 is 2.00 bits per heavy atom. The maximum atomic E-state index is 12.1. The maximum Gasteiger partial charge on any atom is 0.229 e. The highest BCUT2D eigenvalue weighted by atomic mass is 16.5. The van der Waals surface area contributed by atoms with Gasteiger partial charge in [-0.1, -0.05) is 18.2 Å². The van der Waals surface area contributed by atoms with Crippen molar-refractivity contribution in [3.05, 3.63) is 42.2 Å². The van der Waals surface area contributed by atoms with E-state index in [-0.39, 0.29) is 18.4 Å². The molecule has 122 valence electrons. The van der Waals surface area contributed by atoms with Crippen LogP contribution in [0.2, 0.25) is 0 Å². The number of aromatic nitrogens is 3. The van der Waals surface area contributed by atoms with Crippen molar-refractivity contribution >= 4 is 22.6 Å². The normalized spacial score (nSPS) is 16.6. The minimum atomic E-state index is -0.249. The zero-order valence-corrected chi connectivity index (χ0v) is 13.3. The van der Waals surface area contributed by atoms with Crippen LogP contribution in [0.25, 0.3) is 10.8 Å². The summed E-state index contributed by atoms with van der Waals surface area (Å²) in [5.74, 6) is 1.86. The largest absolute Gasteiger partial charge is 0.496 e. The van der Waals surface area contributed by atoms with E-state index in [0.29, 0.717) is 5.95 Å². The molecule has 1 aliphatic heterocycles. The number of ether oxygens (including phenoxy) is 2. The molecule has 7 nitrogen and oxygen atoms in total. The quantitative estimate of drug-likeness (QED) is 0.800. The second-order valence-electron chi connectivity index (χ2n) is 5.54. The summed E-state index contributed by atoms with van der Waals surface area (Å²) in [5.41, 5.74) is 0.949. The number of rotatable bonds is 3. The van der Waals surface area contributed by atoms with E-state index in [1.54, 1.807) is 18.9 Å². The number of nitrogens with one attached hydrogen (secondary N) is 1. The molecule has 24 heavy (non-hydrogen) atoms. The summed E-state index contributed by atoms with van der Waals surface area (Å²) in [7, 11) is 3.27. The van der Waals surface area contributed by atoms with Crippen LogP contribution in [0.3, 0.4) is 0 Å². The highest BCUT2D eigenvalue weighted by Gasteiger charge is 2.30. The van der Waals surface area contributed by atoms with Crippen molar-refractivity contribution < 1.29 is 14.3 Å². The lowest BCUT2D eigenvalue weighted by Crippen LogP contribution is -2.29. The van der Waals surface area contributed by atoms with Crippen LogP contribution in [0.5, 0.6) is 11.5 Å². The topological polar surface area (TPSA) is 78.3 Å². The monoisotopic (exact) mass is 324 g/mol. The van der Waals surface area contributed by atoms with E-state index >= 15 is 0 Å². The first-order chi connectivity index (χ1) is 11.7. The minimum Gasteiger partial charge on any atom is -0.496 e. The molecule has 7 heteroatoms. The SMILES string of the molecule is COc1ccc([C@@H]2CC(=O)Nc3ncnn32)c2c(OC)cccc12. The van der Waals surface area contributed by atoms with Crippen LogP contribution in [-0.2, 0) is 4.79 Å². The fourth-order valence-corrected chi connectivity index (χ4v) is 3.25. The molecule has 1 N–H and O–H groups in total. The fraction of sp³-hybridized carbons (Fsp3) is 0.235. The van der Waals surface area contributed by atoms with Crippen LogP contribution in [0.1, 0.15) is 18.0 Å². The van der Waals surface area contributed by atoms with Gasteiger partial charge in [0, 0.05) is 10.8 Å². The molecule has 0 radical (unpaired) electrons. The van der Waals surface area contributed by atoms with Gasteiger partial charge in [0.25, 0.3) is 0 Å². The summed E-state index contributed by atoms with van der Waals surface area (Å²) < 4.78 is 12.8. The summed E-state index contributed by atoms with van der Waals surface area (Å²) in [6.45, 7) is 0. The highest BCUT2D eigenvalue weighted by Crippen LogP contribution is 2.40. The van der Waals surface area contributed by atoms with Crippen LogP contribution >= 0.6 is 0 Å². The molecule has 0 aliphatic carbocycles. The molecule has 2 aromatic carbocycles. The molecule has 0 spiro atoms. The molecule has 0 saturated carbocycles. The first-order valence-electron chi connectivity index (χ1n) is 7.56. The summed E-state index contributed by atoms with van der Waals surface area (Å²) in [6, 6.07) is 9.41. The first kappa shape index (κ1) is 14.5. The number of nitrogens with zero attached hydrogens (tertiary/aromatic N) is 3. The van der Waals surface area contributed by atoms with E-state index in [4.69, 9.17) is 9.47 Å². The number of carbonyl (C=O) groups is 1. The maximum absolute atomic E-state index is 12.1. The van der Waals surface area contributed by atoms with Crippen LogP contribution < -0.4 is 14.8 Å². The van der Waals surface area contributed by atoms with Gasteiger partial charge in [0.15, 0.2) is 0 Å². The van der Waals surface area contributed by atoms with Gasteiger partial charge in [0.1, 0.15) is 17.8 Å².